The lowest BCUT2D eigenvalue weighted by Gasteiger charge is -2.29. The Morgan fingerprint density at radius 1 is 0.974 bits per heavy atom. The predicted octanol–water partition coefficient (Wildman–Crippen LogP) is 4.10. The van der Waals surface area contributed by atoms with Gasteiger partial charge >= 0.3 is 0 Å². The third kappa shape index (κ3) is 10.2. The Morgan fingerprint density at radius 3 is 2.21 bits per heavy atom. The summed E-state index contributed by atoms with van der Waals surface area (Å²) < 4.78 is 16.7. The maximum atomic E-state index is 12.8. The molecule has 1 aliphatic rings. The van der Waals surface area contributed by atoms with Gasteiger partial charge in [-0.3, -0.25) is 9.69 Å². The first kappa shape index (κ1) is 29.7. The molecule has 2 aromatic rings. The van der Waals surface area contributed by atoms with Crippen molar-refractivity contribution in [2.24, 2.45) is 0 Å². The quantitative estimate of drug-likeness (QED) is 0.266. The number of hydrogen-bond acceptors (Lipinski definition) is 7. The van der Waals surface area contributed by atoms with Crippen LogP contribution in [0.3, 0.4) is 0 Å². The lowest BCUT2D eigenvalue weighted by molar-refractivity contribution is -0.123. The van der Waals surface area contributed by atoms with Gasteiger partial charge in [-0.1, -0.05) is 38.3 Å². The zero-order valence-corrected chi connectivity index (χ0v) is 22.8. The first-order valence-electron chi connectivity index (χ1n) is 13.9. The van der Waals surface area contributed by atoms with Gasteiger partial charge in [0.2, 0.25) is 5.91 Å². The van der Waals surface area contributed by atoms with E-state index in [1.165, 1.54) is 12.8 Å². The summed E-state index contributed by atoms with van der Waals surface area (Å²) in [6.45, 7) is 5.01. The topological polar surface area (TPSA) is 100 Å². The van der Waals surface area contributed by atoms with Crippen molar-refractivity contribution in [3.05, 3.63) is 54.1 Å². The summed E-state index contributed by atoms with van der Waals surface area (Å²) in [5.74, 6) is 2.12. The number of carbonyl (C=O) groups is 1. The molecule has 2 aromatic carbocycles. The number of nitrogens with one attached hydrogen (secondary N) is 1. The van der Waals surface area contributed by atoms with Crippen molar-refractivity contribution in [1.82, 2.24) is 10.2 Å². The highest BCUT2D eigenvalue weighted by Crippen LogP contribution is 2.23. The number of likely N-dealkylation sites (tertiary alicyclic amines) is 1. The Hall–Kier alpha value is -2.81. The number of ether oxygens (including phenoxy) is 3. The van der Waals surface area contributed by atoms with Crippen LogP contribution >= 0.6 is 0 Å². The summed E-state index contributed by atoms with van der Waals surface area (Å²) in [5, 5.41) is 24.2. The summed E-state index contributed by atoms with van der Waals surface area (Å²) in [6, 6.07) is 14.3. The molecule has 8 heteroatoms. The smallest absolute Gasteiger partial charge is 0.220 e. The average molecular weight is 529 g/mol. The van der Waals surface area contributed by atoms with Crippen molar-refractivity contribution in [2.75, 3.05) is 40.0 Å². The van der Waals surface area contributed by atoms with Gasteiger partial charge in [0.05, 0.1) is 32.5 Å². The summed E-state index contributed by atoms with van der Waals surface area (Å²) in [7, 11) is 1.62. The Labute approximate surface area is 226 Å². The predicted molar refractivity (Wildman–Crippen MR) is 148 cm³/mol. The van der Waals surface area contributed by atoms with Crippen molar-refractivity contribution >= 4 is 5.91 Å². The number of amides is 1. The Morgan fingerprint density at radius 2 is 1.61 bits per heavy atom. The summed E-state index contributed by atoms with van der Waals surface area (Å²) in [4.78, 5) is 14.9. The Kier molecular flexibility index (Phi) is 12.7. The van der Waals surface area contributed by atoms with Crippen LogP contribution in [0.4, 0.5) is 0 Å². The van der Waals surface area contributed by atoms with Gasteiger partial charge in [0.25, 0.3) is 0 Å². The molecule has 1 amide bonds. The van der Waals surface area contributed by atoms with Crippen molar-refractivity contribution < 1.29 is 29.2 Å². The molecule has 3 rings (SSSR count). The van der Waals surface area contributed by atoms with E-state index in [0.29, 0.717) is 39.1 Å². The van der Waals surface area contributed by atoms with E-state index >= 15 is 0 Å². The average Bonchev–Trinajstić information content (AvgIpc) is 3.35. The molecule has 0 spiro atoms. The number of aliphatic hydroxyl groups is 2. The second kappa shape index (κ2) is 16.2. The minimum Gasteiger partial charge on any atom is -0.497 e. The number of unbranched alkanes of at least 4 members (excludes halogenated alkanes) is 3. The molecule has 1 fully saturated rings. The molecule has 0 bridgehead atoms. The standard InChI is InChI=1S/C30H44N2O6/c1-3-4-5-6-19-37-26-11-9-23(10-12-26)30(35)28(22-32-18-17-24(33)21-32)31-29(34)8-7-20-38-27-15-13-25(36-2)14-16-27/h9-16,24,28,30,33,35H,3-8,17-22H2,1-2H3,(H,31,34)/t24-,28+,30+/m0/s1. The molecular formula is C30H44N2O6. The van der Waals surface area contributed by atoms with E-state index < -0.39 is 12.1 Å². The van der Waals surface area contributed by atoms with Gasteiger partial charge in [0.1, 0.15) is 23.4 Å². The van der Waals surface area contributed by atoms with E-state index in [9.17, 15) is 15.0 Å². The highest BCUT2D eigenvalue weighted by Gasteiger charge is 2.28. The molecule has 0 radical (unpaired) electrons. The van der Waals surface area contributed by atoms with Crippen LogP contribution in [0.25, 0.3) is 0 Å². The van der Waals surface area contributed by atoms with Crippen LogP contribution in [0.15, 0.2) is 48.5 Å². The third-order valence-electron chi connectivity index (χ3n) is 6.79. The van der Waals surface area contributed by atoms with E-state index in [-0.39, 0.29) is 18.4 Å². The maximum absolute atomic E-state index is 12.8. The molecule has 1 aliphatic heterocycles. The Balaban J connectivity index is 1.50. The fourth-order valence-corrected chi connectivity index (χ4v) is 4.57. The van der Waals surface area contributed by atoms with Crippen LogP contribution in [0.1, 0.15) is 63.5 Å². The number of hydrogen-bond donors (Lipinski definition) is 3. The van der Waals surface area contributed by atoms with Gasteiger partial charge < -0.3 is 29.7 Å². The Bertz CT molecular complexity index is 937. The fraction of sp³-hybridized carbons (Fsp3) is 0.567. The largest absolute Gasteiger partial charge is 0.497 e. The molecule has 8 nitrogen and oxygen atoms in total. The monoisotopic (exact) mass is 528 g/mol. The van der Waals surface area contributed by atoms with Crippen LogP contribution in [0.2, 0.25) is 0 Å². The number of β-amino-alcohol motifs (C(OH)–C–C–N with tert-alkyl or cyclic N) is 1. The van der Waals surface area contributed by atoms with Gasteiger partial charge in [-0.25, -0.2) is 0 Å². The zero-order valence-electron chi connectivity index (χ0n) is 22.8. The second-order valence-corrected chi connectivity index (χ2v) is 9.93. The van der Waals surface area contributed by atoms with Crippen molar-refractivity contribution in [1.29, 1.82) is 0 Å². The van der Waals surface area contributed by atoms with Crippen LogP contribution in [-0.2, 0) is 4.79 Å². The van der Waals surface area contributed by atoms with E-state index in [4.69, 9.17) is 14.2 Å². The number of benzene rings is 2. The second-order valence-electron chi connectivity index (χ2n) is 9.93. The van der Waals surface area contributed by atoms with E-state index in [1.54, 1.807) is 7.11 Å². The van der Waals surface area contributed by atoms with E-state index in [0.717, 1.165) is 42.2 Å². The SMILES string of the molecule is CCCCCCOc1ccc([C@@H](O)[C@@H](CN2CC[C@H](O)C2)NC(=O)CCCOc2ccc(OC)cc2)cc1. The molecule has 3 atom stereocenters. The van der Waals surface area contributed by atoms with Gasteiger partial charge in [0.15, 0.2) is 0 Å². The van der Waals surface area contributed by atoms with Gasteiger partial charge in [-0.2, -0.15) is 0 Å². The highest BCUT2D eigenvalue weighted by atomic mass is 16.5. The lowest BCUT2D eigenvalue weighted by Crippen LogP contribution is -2.47. The van der Waals surface area contributed by atoms with Crippen molar-refractivity contribution in [3.63, 3.8) is 0 Å². The number of carbonyl (C=O) groups excluding carboxylic acids is 1. The number of methoxy groups -OCH3 is 1. The minimum atomic E-state index is -0.883. The fourth-order valence-electron chi connectivity index (χ4n) is 4.57. The van der Waals surface area contributed by atoms with Crippen molar-refractivity contribution in [3.8, 4) is 17.2 Å². The molecule has 0 aliphatic carbocycles. The van der Waals surface area contributed by atoms with Crippen LogP contribution < -0.4 is 19.5 Å². The van der Waals surface area contributed by atoms with Crippen LogP contribution in [-0.4, -0.2) is 73.1 Å². The molecule has 0 saturated carbocycles. The molecule has 0 aromatic heterocycles. The van der Waals surface area contributed by atoms with Crippen molar-refractivity contribution in [2.45, 2.75) is 70.1 Å². The third-order valence-corrected chi connectivity index (χ3v) is 6.79. The zero-order chi connectivity index (χ0) is 27.2. The first-order chi connectivity index (χ1) is 18.5. The van der Waals surface area contributed by atoms with Crippen LogP contribution in [0.5, 0.6) is 17.2 Å². The van der Waals surface area contributed by atoms with E-state index in [1.807, 2.05) is 48.5 Å². The summed E-state index contributed by atoms with van der Waals surface area (Å²) >= 11 is 0. The molecule has 0 unspecified atom stereocenters. The molecule has 3 N–H and O–H groups in total. The maximum Gasteiger partial charge on any atom is 0.220 e. The molecular weight excluding hydrogens is 484 g/mol. The van der Waals surface area contributed by atoms with E-state index in [2.05, 4.69) is 17.1 Å². The molecule has 1 saturated heterocycles. The first-order valence-corrected chi connectivity index (χ1v) is 13.9. The summed E-state index contributed by atoms with van der Waals surface area (Å²) in [5.41, 5.74) is 0.719. The molecule has 210 valence electrons. The number of nitrogens with zero attached hydrogens (tertiary/aromatic N) is 1. The van der Waals surface area contributed by atoms with Gasteiger partial charge in [-0.15, -0.1) is 0 Å². The summed E-state index contributed by atoms with van der Waals surface area (Å²) in [6.07, 6.45) is 4.87. The molecule has 38 heavy (non-hydrogen) atoms. The van der Waals surface area contributed by atoms with Gasteiger partial charge in [-0.05, 0) is 61.2 Å². The highest BCUT2D eigenvalue weighted by molar-refractivity contribution is 5.76. The molecule has 1 heterocycles. The normalized spacial score (nSPS) is 17.1. The number of aliphatic hydroxyl groups excluding tert-OH is 2. The minimum absolute atomic E-state index is 0.140. The number of rotatable bonds is 17. The lowest BCUT2D eigenvalue weighted by atomic mass is 10.0. The van der Waals surface area contributed by atoms with Crippen LogP contribution in [0, 0.1) is 0 Å². The van der Waals surface area contributed by atoms with Gasteiger partial charge in [0, 0.05) is 26.1 Å².